The van der Waals surface area contributed by atoms with Crippen LogP contribution in [0.4, 0.5) is 17.2 Å². The fraction of sp³-hybridized carbons (Fsp3) is 0.0638. The topological polar surface area (TPSA) is 54.8 Å². The van der Waals surface area contributed by atoms with Crippen LogP contribution < -0.4 is 4.90 Å². The van der Waals surface area contributed by atoms with Crippen LogP contribution in [-0.4, -0.2) is 19.9 Å². The molecule has 0 atom stereocenters. The third-order valence-corrected chi connectivity index (χ3v) is 9.96. The van der Waals surface area contributed by atoms with Gasteiger partial charge in [-0.3, -0.25) is 4.90 Å². The van der Waals surface area contributed by atoms with E-state index in [4.69, 9.17) is 19.9 Å². The van der Waals surface area contributed by atoms with Crippen molar-refractivity contribution in [3.05, 3.63) is 187 Å². The summed E-state index contributed by atoms with van der Waals surface area (Å²) in [4.78, 5) is 23.0. The first-order chi connectivity index (χ1) is 25.5. The van der Waals surface area contributed by atoms with Gasteiger partial charge in [-0.15, -0.1) is 0 Å². The number of aromatic nitrogens is 4. The van der Waals surface area contributed by atoms with Gasteiger partial charge < -0.3 is 0 Å². The van der Waals surface area contributed by atoms with Crippen LogP contribution in [-0.2, 0) is 5.41 Å². The summed E-state index contributed by atoms with van der Waals surface area (Å²) in [5.74, 6) is 2.51. The van der Waals surface area contributed by atoms with Gasteiger partial charge in [0.2, 0.25) is 0 Å². The molecule has 0 amide bonds. The lowest BCUT2D eigenvalue weighted by Crippen LogP contribution is -2.31. The van der Waals surface area contributed by atoms with Crippen molar-refractivity contribution >= 4 is 17.2 Å². The van der Waals surface area contributed by atoms with E-state index in [0.717, 1.165) is 56.1 Å². The Kier molecular flexibility index (Phi) is 7.74. The van der Waals surface area contributed by atoms with Crippen LogP contribution in [0.25, 0.3) is 56.4 Å². The highest BCUT2D eigenvalue weighted by Crippen LogP contribution is 2.52. The maximum atomic E-state index is 5.33. The summed E-state index contributed by atoms with van der Waals surface area (Å²) >= 11 is 0. The molecule has 248 valence electrons. The third kappa shape index (κ3) is 5.53. The number of anilines is 3. The summed E-state index contributed by atoms with van der Waals surface area (Å²) in [5, 5.41) is 0. The minimum atomic E-state index is -0.213. The van der Waals surface area contributed by atoms with E-state index in [-0.39, 0.29) is 5.41 Å². The van der Waals surface area contributed by atoms with Gasteiger partial charge in [-0.2, -0.15) is 0 Å². The van der Waals surface area contributed by atoms with Crippen molar-refractivity contribution < 1.29 is 0 Å². The van der Waals surface area contributed by atoms with Crippen molar-refractivity contribution in [2.45, 2.75) is 19.3 Å². The Balaban J connectivity index is 1.32. The fourth-order valence-corrected chi connectivity index (χ4v) is 7.29. The minimum absolute atomic E-state index is 0.213. The van der Waals surface area contributed by atoms with Crippen molar-refractivity contribution in [3.8, 4) is 56.4 Å². The molecule has 52 heavy (non-hydrogen) atoms. The van der Waals surface area contributed by atoms with Gasteiger partial charge in [0.25, 0.3) is 0 Å². The molecule has 6 aromatic carbocycles. The van der Waals surface area contributed by atoms with Crippen LogP contribution in [0, 0.1) is 0 Å². The lowest BCUT2D eigenvalue weighted by molar-refractivity contribution is 0.631. The minimum Gasteiger partial charge on any atom is -0.294 e. The highest BCUT2D eigenvalue weighted by molar-refractivity contribution is 5.91. The van der Waals surface area contributed by atoms with Gasteiger partial charge in [0.1, 0.15) is 5.82 Å². The molecule has 0 spiro atoms. The highest BCUT2D eigenvalue weighted by atomic mass is 15.2. The largest absolute Gasteiger partial charge is 0.294 e. The summed E-state index contributed by atoms with van der Waals surface area (Å²) in [7, 11) is 0. The normalized spacial score (nSPS) is 12.9. The second-order valence-corrected chi connectivity index (χ2v) is 13.6. The van der Waals surface area contributed by atoms with Crippen molar-refractivity contribution in [2.75, 3.05) is 4.90 Å². The maximum Gasteiger partial charge on any atom is 0.167 e. The lowest BCUT2D eigenvalue weighted by Gasteiger charge is -2.41. The molecule has 0 aliphatic carbocycles. The molecule has 8 aromatic rings. The molecular formula is C47H35N5. The van der Waals surface area contributed by atoms with Crippen LogP contribution in [0.3, 0.4) is 0 Å². The number of pyridine rings is 1. The number of hydrogen-bond donors (Lipinski definition) is 0. The Hall–Kier alpha value is -6.72. The van der Waals surface area contributed by atoms with Gasteiger partial charge in [0.05, 0.1) is 16.9 Å². The first-order valence-corrected chi connectivity index (χ1v) is 17.6. The predicted molar refractivity (Wildman–Crippen MR) is 212 cm³/mol. The highest BCUT2D eigenvalue weighted by Gasteiger charge is 2.38. The Morgan fingerprint density at radius 2 is 0.846 bits per heavy atom. The Morgan fingerprint density at radius 1 is 0.404 bits per heavy atom. The molecule has 9 rings (SSSR count). The molecule has 1 aliphatic heterocycles. The zero-order valence-electron chi connectivity index (χ0n) is 29.0. The maximum absolute atomic E-state index is 5.33. The standard InChI is InChI=1S/C47H35N5/c1-47(2)39-25-12-14-27-41(39)52(42-28-15-13-26-40(42)47)46-38(30-37(31-48-46)36-24-16-23-35(29-36)32-17-6-3-7-18-32)45-50-43(33-19-8-4-9-20-33)49-44(51-45)34-21-10-5-11-22-34/h3-31H,1-2H3. The van der Waals surface area contributed by atoms with Gasteiger partial charge in [0, 0.05) is 28.3 Å². The summed E-state index contributed by atoms with van der Waals surface area (Å²) < 4.78 is 0. The van der Waals surface area contributed by atoms with Crippen LogP contribution in [0.5, 0.6) is 0 Å². The fourth-order valence-electron chi connectivity index (χ4n) is 7.29. The molecule has 0 N–H and O–H groups in total. The SMILES string of the molecule is CC1(C)c2ccccc2N(c2ncc(-c3cccc(-c4ccccc4)c3)cc2-c2nc(-c3ccccc3)nc(-c3ccccc3)n2)c2ccccc21. The van der Waals surface area contributed by atoms with Crippen LogP contribution in [0.15, 0.2) is 176 Å². The Bertz CT molecular complexity index is 2440. The predicted octanol–water partition coefficient (Wildman–Crippen LogP) is 11.7. The number of hydrogen-bond acceptors (Lipinski definition) is 5. The van der Waals surface area contributed by atoms with E-state index < -0.39 is 0 Å². The zero-order chi connectivity index (χ0) is 35.1. The second kappa shape index (κ2) is 12.9. The van der Waals surface area contributed by atoms with Gasteiger partial charge in [0.15, 0.2) is 17.5 Å². The molecule has 0 fully saturated rings. The smallest absolute Gasteiger partial charge is 0.167 e. The molecule has 0 bridgehead atoms. The van der Waals surface area contributed by atoms with E-state index in [0.29, 0.717) is 17.5 Å². The molecule has 1 aliphatic rings. The van der Waals surface area contributed by atoms with Crippen molar-refractivity contribution in [1.29, 1.82) is 0 Å². The van der Waals surface area contributed by atoms with E-state index in [1.165, 1.54) is 11.1 Å². The first kappa shape index (κ1) is 31.3. The molecule has 2 aromatic heterocycles. The number of benzene rings is 6. The zero-order valence-corrected chi connectivity index (χ0v) is 29.0. The Morgan fingerprint density at radius 3 is 1.40 bits per heavy atom. The second-order valence-electron chi connectivity index (χ2n) is 13.6. The summed E-state index contributed by atoms with van der Waals surface area (Å²) in [6, 6.07) is 58.8. The lowest BCUT2D eigenvalue weighted by atomic mass is 9.73. The molecule has 0 saturated carbocycles. The molecule has 0 unspecified atom stereocenters. The molecular weight excluding hydrogens is 635 g/mol. The summed E-state index contributed by atoms with van der Waals surface area (Å²) in [5.41, 5.74) is 11.4. The molecule has 5 heteroatoms. The molecule has 0 radical (unpaired) electrons. The summed E-state index contributed by atoms with van der Waals surface area (Å²) in [6.45, 7) is 4.59. The molecule has 3 heterocycles. The van der Waals surface area contributed by atoms with Gasteiger partial charge >= 0.3 is 0 Å². The third-order valence-electron chi connectivity index (χ3n) is 9.96. The van der Waals surface area contributed by atoms with Gasteiger partial charge in [-0.05, 0) is 52.1 Å². The number of rotatable bonds is 6. The molecule has 5 nitrogen and oxygen atoms in total. The van der Waals surface area contributed by atoms with Crippen molar-refractivity contribution in [3.63, 3.8) is 0 Å². The summed E-state index contributed by atoms with van der Waals surface area (Å²) in [6.07, 6.45) is 1.98. The van der Waals surface area contributed by atoms with Crippen LogP contribution in [0.1, 0.15) is 25.0 Å². The van der Waals surface area contributed by atoms with Crippen molar-refractivity contribution in [1.82, 2.24) is 19.9 Å². The van der Waals surface area contributed by atoms with Crippen molar-refractivity contribution in [2.24, 2.45) is 0 Å². The van der Waals surface area contributed by atoms with E-state index in [2.05, 4.69) is 122 Å². The first-order valence-electron chi connectivity index (χ1n) is 17.6. The number of para-hydroxylation sites is 2. The Labute approximate surface area is 304 Å². The molecule has 0 saturated heterocycles. The van der Waals surface area contributed by atoms with Crippen LogP contribution >= 0.6 is 0 Å². The van der Waals surface area contributed by atoms with Gasteiger partial charge in [-0.1, -0.05) is 159 Å². The quantitative estimate of drug-likeness (QED) is 0.176. The van der Waals surface area contributed by atoms with E-state index in [1.807, 2.05) is 72.9 Å². The van der Waals surface area contributed by atoms with Crippen LogP contribution in [0.2, 0.25) is 0 Å². The monoisotopic (exact) mass is 669 g/mol. The number of fused-ring (bicyclic) bond motifs is 2. The number of nitrogens with zero attached hydrogens (tertiary/aromatic N) is 5. The van der Waals surface area contributed by atoms with E-state index in [1.54, 1.807) is 0 Å². The van der Waals surface area contributed by atoms with E-state index >= 15 is 0 Å². The average Bonchev–Trinajstić information content (AvgIpc) is 3.22. The van der Waals surface area contributed by atoms with Gasteiger partial charge in [-0.25, -0.2) is 19.9 Å². The van der Waals surface area contributed by atoms with E-state index in [9.17, 15) is 0 Å². The average molecular weight is 670 g/mol.